The molecule has 0 spiro atoms. The molecule has 0 aromatic rings. The Morgan fingerprint density at radius 3 is 2.62 bits per heavy atom. The van der Waals surface area contributed by atoms with Crippen LogP contribution in [0.3, 0.4) is 0 Å². The largest absolute Gasteiger partial charge is 0.398 e. The number of aliphatic imine (C=N–C) groups is 1. The van der Waals surface area contributed by atoms with Gasteiger partial charge in [-0.25, -0.2) is 0 Å². The molecule has 0 rings (SSSR count). The summed E-state index contributed by atoms with van der Waals surface area (Å²) in [5, 5.41) is 0. The average Bonchev–Trinajstić information content (AvgIpc) is 2.15. The van der Waals surface area contributed by atoms with Gasteiger partial charge >= 0.3 is 0 Å². The molecule has 0 aliphatic carbocycles. The summed E-state index contributed by atoms with van der Waals surface area (Å²) in [6.07, 6.45) is 5.31. The number of nitrogens with zero attached hydrogens (tertiary/aromatic N) is 1. The first-order chi connectivity index (χ1) is 6.11. The standard InChI is InChI=1S/C10H16N2O/c1-4-9(11)7-12-6-8(3)10(13)5-2/h4,6-7H,5,11H2,1-3H3/b8-6+,9-4+,12-7+. The van der Waals surface area contributed by atoms with Crippen molar-refractivity contribution in [2.45, 2.75) is 27.2 Å². The lowest BCUT2D eigenvalue weighted by Gasteiger charge is -1.93. The van der Waals surface area contributed by atoms with Crippen LogP contribution in [0.5, 0.6) is 0 Å². The molecule has 0 radical (unpaired) electrons. The summed E-state index contributed by atoms with van der Waals surface area (Å²) in [6, 6.07) is 0. The monoisotopic (exact) mass is 180 g/mol. The average molecular weight is 180 g/mol. The van der Waals surface area contributed by atoms with E-state index in [4.69, 9.17) is 5.73 Å². The van der Waals surface area contributed by atoms with Crippen molar-refractivity contribution in [1.29, 1.82) is 0 Å². The van der Waals surface area contributed by atoms with Gasteiger partial charge in [0, 0.05) is 30.1 Å². The first-order valence-corrected chi connectivity index (χ1v) is 4.26. The van der Waals surface area contributed by atoms with Gasteiger partial charge in [-0.3, -0.25) is 9.79 Å². The van der Waals surface area contributed by atoms with Crippen molar-refractivity contribution < 1.29 is 4.79 Å². The van der Waals surface area contributed by atoms with E-state index in [1.165, 1.54) is 12.4 Å². The molecular weight excluding hydrogens is 164 g/mol. The summed E-state index contributed by atoms with van der Waals surface area (Å²) in [6.45, 7) is 5.40. The summed E-state index contributed by atoms with van der Waals surface area (Å²) in [5.74, 6) is 0.108. The van der Waals surface area contributed by atoms with Crippen molar-refractivity contribution in [3.63, 3.8) is 0 Å². The molecule has 3 heteroatoms. The zero-order valence-corrected chi connectivity index (χ0v) is 8.37. The molecule has 0 heterocycles. The van der Waals surface area contributed by atoms with Gasteiger partial charge in [0.15, 0.2) is 5.78 Å². The van der Waals surface area contributed by atoms with Gasteiger partial charge in [-0.1, -0.05) is 13.0 Å². The van der Waals surface area contributed by atoms with E-state index in [0.717, 1.165) is 0 Å². The summed E-state index contributed by atoms with van der Waals surface area (Å²) in [4.78, 5) is 15.0. The fraction of sp³-hybridized carbons (Fsp3) is 0.400. The van der Waals surface area contributed by atoms with Crippen LogP contribution >= 0.6 is 0 Å². The third-order valence-corrected chi connectivity index (χ3v) is 1.59. The molecule has 0 aliphatic rings. The Balaban J connectivity index is 4.27. The van der Waals surface area contributed by atoms with Gasteiger partial charge in [0.1, 0.15) is 0 Å². The molecule has 0 aliphatic heterocycles. The lowest BCUT2D eigenvalue weighted by atomic mass is 10.2. The van der Waals surface area contributed by atoms with Crippen LogP contribution in [0.4, 0.5) is 0 Å². The van der Waals surface area contributed by atoms with Gasteiger partial charge in [-0.2, -0.15) is 0 Å². The predicted molar refractivity (Wildman–Crippen MR) is 55.5 cm³/mol. The van der Waals surface area contributed by atoms with E-state index in [9.17, 15) is 4.79 Å². The predicted octanol–water partition coefficient (Wildman–Crippen LogP) is 1.80. The van der Waals surface area contributed by atoms with Gasteiger partial charge in [0.05, 0.1) is 0 Å². The molecule has 0 amide bonds. The molecule has 0 bridgehead atoms. The second kappa shape index (κ2) is 6.17. The fourth-order valence-corrected chi connectivity index (χ4v) is 0.661. The molecule has 13 heavy (non-hydrogen) atoms. The normalized spacial score (nSPS) is 13.8. The molecule has 3 nitrogen and oxygen atoms in total. The van der Waals surface area contributed by atoms with Crippen molar-refractivity contribution in [3.8, 4) is 0 Å². The highest BCUT2D eigenvalue weighted by Gasteiger charge is 1.98. The minimum absolute atomic E-state index is 0.108. The van der Waals surface area contributed by atoms with Gasteiger partial charge in [0.2, 0.25) is 0 Å². The fourth-order valence-electron chi connectivity index (χ4n) is 0.661. The van der Waals surface area contributed by atoms with Crippen LogP contribution in [0.1, 0.15) is 27.2 Å². The Labute approximate surface area is 79.0 Å². The molecule has 0 aromatic carbocycles. The summed E-state index contributed by atoms with van der Waals surface area (Å²) in [7, 11) is 0. The van der Waals surface area contributed by atoms with Crippen molar-refractivity contribution in [1.82, 2.24) is 0 Å². The summed E-state index contributed by atoms with van der Waals surface area (Å²) >= 11 is 0. The second-order valence-electron chi connectivity index (χ2n) is 2.66. The molecule has 0 aromatic heterocycles. The number of rotatable bonds is 4. The smallest absolute Gasteiger partial charge is 0.159 e. The minimum atomic E-state index is 0.108. The number of nitrogens with two attached hydrogens (primary N) is 1. The van der Waals surface area contributed by atoms with Gasteiger partial charge in [0.25, 0.3) is 0 Å². The van der Waals surface area contributed by atoms with Crippen molar-refractivity contribution in [2.75, 3.05) is 0 Å². The van der Waals surface area contributed by atoms with Gasteiger partial charge < -0.3 is 5.73 Å². The lowest BCUT2D eigenvalue weighted by Crippen LogP contribution is -1.98. The van der Waals surface area contributed by atoms with Crippen molar-refractivity contribution in [3.05, 3.63) is 23.5 Å². The van der Waals surface area contributed by atoms with Crippen LogP contribution in [0, 0.1) is 0 Å². The number of hydrogen-bond acceptors (Lipinski definition) is 3. The van der Waals surface area contributed by atoms with E-state index < -0.39 is 0 Å². The number of carbonyl (C=O) groups is 1. The Bertz CT molecular complexity index is 262. The van der Waals surface area contributed by atoms with E-state index >= 15 is 0 Å². The maximum atomic E-state index is 11.1. The van der Waals surface area contributed by atoms with E-state index in [1.54, 1.807) is 13.0 Å². The first-order valence-electron chi connectivity index (χ1n) is 4.26. The Morgan fingerprint density at radius 1 is 1.54 bits per heavy atom. The number of Topliss-reactive ketones (excluding diaryl/α,β-unsaturated/α-hetero) is 1. The Morgan fingerprint density at radius 2 is 2.15 bits per heavy atom. The van der Waals surface area contributed by atoms with E-state index in [0.29, 0.717) is 17.7 Å². The molecule has 0 fully saturated rings. The molecule has 0 atom stereocenters. The SMILES string of the molecule is C\C=C(N)/C=N/C=C(\C)C(=O)CC. The molecule has 0 unspecified atom stereocenters. The van der Waals surface area contributed by atoms with Crippen molar-refractivity contribution in [2.24, 2.45) is 10.7 Å². The van der Waals surface area contributed by atoms with E-state index in [1.807, 2.05) is 13.8 Å². The summed E-state index contributed by atoms with van der Waals surface area (Å²) in [5.41, 5.74) is 6.71. The number of carbonyl (C=O) groups excluding carboxylic acids is 1. The zero-order chi connectivity index (χ0) is 10.3. The minimum Gasteiger partial charge on any atom is -0.398 e. The highest BCUT2D eigenvalue weighted by Crippen LogP contribution is 1.98. The lowest BCUT2D eigenvalue weighted by molar-refractivity contribution is -0.115. The third kappa shape index (κ3) is 4.95. The van der Waals surface area contributed by atoms with Crippen molar-refractivity contribution >= 4 is 12.0 Å². The molecule has 72 valence electrons. The van der Waals surface area contributed by atoms with Gasteiger partial charge in [-0.15, -0.1) is 0 Å². The van der Waals surface area contributed by atoms with Crippen LogP contribution in [0.25, 0.3) is 0 Å². The Hall–Kier alpha value is -1.38. The second-order valence-corrected chi connectivity index (χ2v) is 2.66. The highest BCUT2D eigenvalue weighted by molar-refractivity contribution is 5.94. The quantitative estimate of drug-likeness (QED) is 0.529. The molecule has 2 N–H and O–H groups in total. The van der Waals surface area contributed by atoms with Crippen LogP contribution in [0.2, 0.25) is 0 Å². The Kier molecular flexibility index (Phi) is 5.52. The number of hydrogen-bond donors (Lipinski definition) is 1. The van der Waals surface area contributed by atoms with Gasteiger partial charge in [-0.05, 0) is 13.8 Å². The molecule has 0 saturated carbocycles. The maximum Gasteiger partial charge on any atom is 0.159 e. The van der Waals surface area contributed by atoms with Crippen LogP contribution < -0.4 is 5.73 Å². The van der Waals surface area contributed by atoms with E-state index in [-0.39, 0.29) is 5.78 Å². The van der Waals surface area contributed by atoms with Crippen LogP contribution in [-0.4, -0.2) is 12.0 Å². The van der Waals surface area contributed by atoms with E-state index in [2.05, 4.69) is 4.99 Å². The number of ketones is 1. The van der Waals surface area contributed by atoms with Crippen LogP contribution in [-0.2, 0) is 4.79 Å². The molecule has 0 saturated heterocycles. The highest BCUT2D eigenvalue weighted by atomic mass is 16.1. The number of allylic oxidation sites excluding steroid dienone is 3. The first kappa shape index (κ1) is 11.6. The third-order valence-electron chi connectivity index (χ3n) is 1.59. The maximum absolute atomic E-state index is 11.1. The molecular formula is C10H16N2O. The topological polar surface area (TPSA) is 55.4 Å². The zero-order valence-electron chi connectivity index (χ0n) is 8.37. The van der Waals surface area contributed by atoms with Crippen LogP contribution in [0.15, 0.2) is 28.5 Å². The summed E-state index contributed by atoms with van der Waals surface area (Å²) < 4.78 is 0.